The second kappa shape index (κ2) is 6.87. The van der Waals surface area contributed by atoms with Gasteiger partial charge in [0.25, 0.3) is 5.91 Å². The van der Waals surface area contributed by atoms with Gasteiger partial charge in [-0.3, -0.25) is 4.79 Å². The van der Waals surface area contributed by atoms with E-state index in [4.69, 9.17) is 4.74 Å². The van der Waals surface area contributed by atoms with Crippen molar-refractivity contribution in [2.75, 3.05) is 7.11 Å². The molecule has 2 atom stereocenters. The van der Waals surface area contributed by atoms with Gasteiger partial charge in [0.1, 0.15) is 0 Å². The number of amides is 1. The molecule has 1 aliphatic rings. The monoisotopic (exact) mass is 311 g/mol. The third kappa shape index (κ3) is 3.74. The van der Waals surface area contributed by atoms with Crippen LogP contribution in [-0.4, -0.2) is 23.0 Å². The van der Waals surface area contributed by atoms with Gasteiger partial charge >= 0.3 is 0 Å². The van der Waals surface area contributed by atoms with Gasteiger partial charge in [0.2, 0.25) is 0 Å². The number of nitrogens with one attached hydrogen (secondary N) is 1. The van der Waals surface area contributed by atoms with Crippen molar-refractivity contribution in [2.45, 2.75) is 31.9 Å². The molecule has 1 amide bonds. The second-order valence-electron chi connectivity index (χ2n) is 5.91. The summed E-state index contributed by atoms with van der Waals surface area (Å²) in [6.45, 7) is 1.93. The Labute approximate surface area is 136 Å². The number of benzene rings is 1. The summed E-state index contributed by atoms with van der Waals surface area (Å²) in [4.78, 5) is 21.5. The lowest BCUT2D eigenvalue weighted by Crippen LogP contribution is -2.35. The average Bonchev–Trinajstić information content (AvgIpc) is 3.39. The quantitative estimate of drug-likeness (QED) is 0.891. The highest BCUT2D eigenvalue weighted by molar-refractivity contribution is 5.82. The molecule has 1 aliphatic carbocycles. The van der Waals surface area contributed by atoms with Crippen molar-refractivity contribution >= 4 is 5.91 Å². The Balaban J connectivity index is 1.78. The van der Waals surface area contributed by atoms with Crippen molar-refractivity contribution in [3.8, 4) is 0 Å². The maximum atomic E-state index is 12.7. The van der Waals surface area contributed by atoms with E-state index in [0.29, 0.717) is 11.7 Å². The first-order valence-electron chi connectivity index (χ1n) is 7.86. The Kier molecular flexibility index (Phi) is 4.67. The summed E-state index contributed by atoms with van der Waals surface area (Å²) in [6, 6.07) is 11.2. The molecule has 2 aromatic rings. The van der Waals surface area contributed by atoms with Gasteiger partial charge in [-0.2, -0.15) is 0 Å². The third-order valence-electron chi connectivity index (χ3n) is 4.06. The van der Waals surface area contributed by atoms with Crippen LogP contribution in [0.15, 0.2) is 42.6 Å². The molecule has 1 fully saturated rings. The van der Waals surface area contributed by atoms with Crippen molar-refractivity contribution in [2.24, 2.45) is 5.92 Å². The largest absolute Gasteiger partial charge is 0.367 e. The molecule has 1 saturated carbocycles. The standard InChI is InChI=1S/C18H21N3O2/c1-12-10-11-19-17(20-12)15(13-8-9-13)21-18(22)16(23-2)14-6-4-3-5-7-14/h3-7,10-11,13,15-16H,8-9H2,1-2H3,(H,21,22)/t15-,16-/m1/s1. The molecule has 1 aromatic carbocycles. The Bertz CT molecular complexity index is 671. The molecule has 5 heteroatoms. The van der Waals surface area contributed by atoms with E-state index in [-0.39, 0.29) is 11.9 Å². The first-order chi connectivity index (χ1) is 11.2. The first-order valence-corrected chi connectivity index (χ1v) is 7.86. The molecule has 0 spiro atoms. The molecule has 0 aliphatic heterocycles. The summed E-state index contributed by atoms with van der Waals surface area (Å²) in [5.74, 6) is 0.943. The maximum Gasteiger partial charge on any atom is 0.254 e. The first kappa shape index (κ1) is 15.6. The van der Waals surface area contributed by atoms with Crippen molar-refractivity contribution in [1.82, 2.24) is 15.3 Å². The molecule has 0 saturated heterocycles. The Morgan fingerprint density at radius 3 is 2.61 bits per heavy atom. The number of carbonyl (C=O) groups is 1. The molecular weight excluding hydrogens is 290 g/mol. The van der Waals surface area contributed by atoms with Gasteiger partial charge in [0, 0.05) is 19.0 Å². The van der Waals surface area contributed by atoms with Crippen molar-refractivity contribution in [3.05, 3.63) is 59.7 Å². The zero-order valence-electron chi connectivity index (χ0n) is 13.4. The molecule has 5 nitrogen and oxygen atoms in total. The predicted octanol–water partition coefficient (Wildman–Crippen LogP) is 2.74. The Hall–Kier alpha value is -2.27. The molecule has 1 N–H and O–H groups in total. The normalized spacial score (nSPS) is 16.6. The van der Waals surface area contributed by atoms with Gasteiger partial charge in [0.05, 0.1) is 6.04 Å². The van der Waals surface area contributed by atoms with E-state index in [9.17, 15) is 4.79 Å². The molecule has 0 radical (unpaired) electrons. The summed E-state index contributed by atoms with van der Waals surface area (Å²) in [6.07, 6.45) is 3.29. The number of hydrogen-bond acceptors (Lipinski definition) is 4. The fourth-order valence-corrected chi connectivity index (χ4v) is 2.69. The van der Waals surface area contributed by atoms with Crippen LogP contribution >= 0.6 is 0 Å². The molecular formula is C18H21N3O2. The Morgan fingerprint density at radius 1 is 1.26 bits per heavy atom. The fraction of sp³-hybridized carbons (Fsp3) is 0.389. The van der Waals surface area contributed by atoms with Crippen LogP contribution in [0.1, 0.15) is 42.1 Å². The topological polar surface area (TPSA) is 64.1 Å². The number of aryl methyl sites for hydroxylation is 1. The van der Waals surface area contributed by atoms with Crippen LogP contribution in [0.4, 0.5) is 0 Å². The molecule has 1 heterocycles. The van der Waals surface area contributed by atoms with Crippen LogP contribution in [0.2, 0.25) is 0 Å². The average molecular weight is 311 g/mol. The van der Waals surface area contributed by atoms with Crippen LogP contribution in [-0.2, 0) is 9.53 Å². The number of methoxy groups -OCH3 is 1. The zero-order valence-corrected chi connectivity index (χ0v) is 13.4. The maximum absolute atomic E-state index is 12.7. The molecule has 0 unspecified atom stereocenters. The van der Waals surface area contributed by atoms with E-state index in [1.54, 1.807) is 13.3 Å². The summed E-state index contributed by atoms with van der Waals surface area (Å²) in [7, 11) is 1.55. The van der Waals surface area contributed by atoms with Gasteiger partial charge in [-0.15, -0.1) is 0 Å². The number of ether oxygens (including phenoxy) is 1. The van der Waals surface area contributed by atoms with E-state index < -0.39 is 6.10 Å². The van der Waals surface area contributed by atoms with Crippen LogP contribution in [0, 0.1) is 12.8 Å². The molecule has 0 bridgehead atoms. The number of nitrogens with zero attached hydrogens (tertiary/aromatic N) is 2. The van der Waals surface area contributed by atoms with Crippen molar-refractivity contribution in [3.63, 3.8) is 0 Å². The predicted molar refractivity (Wildman–Crippen MR) is 86.6 cm³/mol. The minimum Gasteiger partial charge on any atom is -0.367 e. The summed E-state index contributed by atoms with van der Waals surface area (Å²) < 4.78 is 5.41. The summed E-state index contributed by atoms with van der Waals surface area (Å²) >= 11 is 0. The lowest BCUT2D eigenvalue weighted by Gasteiger charge is -2.21. The van der Waals surface area contributed by atoms with Gasteiger partial charge < -0.3 is 10.1 Å². The molecule has 1 aromatic heterocycles. The minimum absolute atomic E-state index is 0.149. The van der Waals surface area contributed by atoms with Crippen LogP contribution in [0.5, 0.6) is 0 Å². The zero-order chi connectivity index (χ0) is 16.2. The number of rotatable bonds is 6. The van der Waals surface area contributed by atoms with Gasteiger partial charge in [-0.05, 0) is 37.3 Å². The van der Waals surface area contributed by atoms with Crippen LogP contribution in [0.25, 0.3) is 0 Å². The highest BCUT2D eigenvalue weighted by atomic mass is 16.5. The second-order valence-corrected chi connectivity index (χ2v) is 5.91. The van der Waals surface area contributed by atoms with E-state index in [2.05, 4.69) is 15.3 Å². The SMILES string of the molecule is CO[C@@H](C(=O)N[C@@H](c1nccc(C)n1)C1CC1)c1ccccc1. The molecule has 120 valence electrons. The number of carbonyl (C=O) groups excluding carboxylic acids is 1. The highest BCUT2D eigenvalue weighted by Gasteiger charge is 2.36. The fourth-order valence-electron chi connectivity index (χ4n) is 2.69. The highest BCUT2D eigenvalue weighted by Crippen LogP contribution is 2.40. The van der Waals surface area contributed by atoms with Crippen LogP contribution < -0.4 is 5.32 Å². The van der Waals surface area contributed by atoms with E-state index in [0.717, 1.165) is 24.1 Å². The van der Waals surface area contributed by atoms with Gasteiger partial charge in [0.15, 0.2) is 11.9 Å². The van der Waals surface area contributed by atoms with Crippen LogP contribution in [0.3, 0.4) is 0 Å². The summed E-state index contributed by atoms with van der Waals surface area (Å²) in [5.41, 5.74) is 1.74. The number of aromatic nitrogens is 2. The Morgan fingerprint density at radius 2 is 2.00 bits per heavy atom. The third-order valence-corrected chi connectivity index (χ3v) is 4.06. The smallest absolute Gasteiger partial charge is 0.254 e. The number of hydrogen-bond donors (Lipinski definition) is 1. The summed E-state index contributed by atoms with van der Waals surface area (Å²) in [5, 5.41) is 3.08. The molecule has 23 heavy (non-hydrogen) atoms. The lowest BCUT2D eigenvalue weighted by molar-refractivity contribution is -0.132. The van der Waals surface area contributed by atoms with E-state index in [1.165, 1.54) is 0 Å². The van der Waals surface area contributed by atoms with Crippen molar-refractivity contribution in [1.29, 1.82) is 0 Å². The van der Waals surface area contributed by atoms with Crippen molar-refractivity contribution < 1.29 is 9.53 Å². The van der Waals surface area contributed by atoms with E-state index >= 15 is 0 Å². The minimum atomic E-state index is -0.623. The van der Waals surface area contributed by atoms with Gasteiger partial charge in [-0.25, -0.2) is 9.97 Å². The molecule has 3 rings (SSSR count). The van der Waals surface area contributed by atoms with E-state index in [1.807, 2.05) is 43.3 Å². The lowest BCUT2D eigenvalue weighted by atomic mass is 10.1. The van der Waals surface area contributed by atoms with Gasteiger partial charge in [-0.1, -0.05) is 30.3 Å².